The van der Waals surface area contributed by atoms with Gasteiger partial charge in [-0.1, -0.05) is 23.2 Å². The van der Waals surface area contributed by atoms with Crippen LogP contribution >= 0.6 is 23.2 Å². The molecule has 0 amide bonds. The number of pyridine rings is 1. The molecule has 0 aliphatic carbocycles. The second-order valence-corrected chi connectivity index (χ2v) is 4.70. The van der Waals surface area contributed by atoms with Gasteiger partial charge in [0.25, 0.3) is 0 Å². The molecule has 106 valence electrons. The molecule has 0 saturated heterocycles. The van der Waals surface area contributed by atoms with Crippen molar-refractivity contribution in [2.75, 3.05) is 25.3 Å². The number of rotatable bonds is 4. The summed E-state index contributed by atoms with van der Waals surface area (Å²) in [6.07, 6.45) is 0. The average Bonchev–Trinajstić information content (AvgIpc) is 2.44. The molecule has 0 aliphatic rings. The van der Waals surface area contributed by atoms with Crippen molar-refractivity contribution in [1.82, 2.24) is 4.98 Å². The van der Waals surface area contributed by atoms with Crippen LogP contribution in [0, 0.1) is 0 Å². The Morgan fingerprint density at radius 2 is 1.75 bits per heavy atom. The summed E-state index contributed by atoms with van der Waals surface area (Å²) >= 11 is 11.9. The van der Waals surface area contributed by atoms with Crippen molar-refractivity contribution < 1.29 is 9.47 Å². The maximum Gasteiger partial charge on any atom is 0.162 e. The third-order valence-corrected chi connectivity index (χ3v) is 3.19. The molecule has 2 aromatic rings. The largest absolute Gasteiger partial charge is 0.493 e. The monoisotopic (exact) mass is 313 g/mol. The van der Waals surface area contributed by atoms with Crippen LogP contribution in [0.2, 0.25) is 10.0 Å². The highest BCUT2D eigenvalue weighted by Gasteiger charge is 2.09. The summed E-state index contributed by atoms with van der Waals surface area (Å²) < 4.78 is 10.4. The van der Waals surface area contributed by atoms with Gasteiger partial charge in [0, 0.05) is 11.8 Å². The predicted molar refractivity (Wildman–Crippen MR) is 81.5 cm³/mol. The molecule has 0 bridgehead atoms. The first-order chi connectivity index (χ1) is 9.55. The molecule has 0 atom stereocenters. The number of aromatic nitrogens is 1. The second-order valence-electron chi connectivity index (χ2n) is 3.88. The van der Waals surface area contributed by atoms with Crippen LogP contribution in [0.4, 0.5) is 17.3 Å². The van der Waals surface area contributed by atoms with Gasteiger partial charge in [-0.05, 0) is 18.2 Å². The normalized spacial score (nSPS) is 10.2. The highest BCUT2D eigenvalue weighted by atomic mass is 35.5. The van der Waals surface area contributed by atoms with Gasteiger partial charge in [-0.2, -0.15) is 0 Å². The van der Waals surface area contributed by atoms with E-state index in [0.29, 0.717) is 27.4 Å². The van der Waals surface area contributed by atoms with Crippen LogP contribution in [0.25, 0.3) is 0 Å². The smallest absolute Gasteiger partial charge is 0.162 e. The Labute approximate surface area is 126 Å². The van der Waals surface area contributed by atoms with Crippen LogP contribution in [0.3, 0.4) is 0 Å². The first-order valence-corrected chi connectivity index (χ1v) is 6.41. The van der Waals surface area contributed by atoms with E-state index in [9.17, 15) is 0 Å². The lowest BCUT2D eigenvalue weighted by molar-refractivity contribution is 0.355. The highest BCUT2D eigenvalue weighted by Crippen LogP contribution is 2.33. The molecule has 0 spiro atoms. The molecule has 1 aromatic heterocycles. The van der Waals surface area contributed by atoms with Crippen molar-refractivity contribution >= 4 is 40.5 Å². The van der Waals surface area contributed by atoms with Crippen molar-refractivity contribution in [2.24, 2.45) is 0 Å². The molecule has 2 rings (SSSR count). The van der Waals surface area contributed by atoms with E-state index in [2.05, 4.69) is 10.3 Å². The van der Waals surface area contributed by atoms with Gasteiger partial charge in [-0.3, -0.25) is 0 Å². The van der Waals surface area contributed by atoms with Crippen LogP contribution in [0.5, 0.6) is 11.5 Å². The zero-order chi connectivity index (χ0) is 14.7. The minimum atomic E-state index is 0.207. The number of hydrogen-bond acceptors (Lipinski definition) is 5. The number of anilines is 3. The Morgan fingerprint density at radius 1 is 1.05 bits per heavy atom. The number of halogens is 2. The van der Waals surface area contributed by atoms with Crippen LogP contribution in [0.15, 0.2) is 24.3 Å². The van der Waals surface area contributed by atoms with Crippen LogP contribution in [-0.2, 0) is 0 Å². The molecule has 5 nitrogen and oxygen atoms in total. The van der Waals surface area contributed by atoms with E-state index in [0.717, 1.165) is 5.69 Å². The molecule has 0 saturated carbocycles. The molecule has 0 radical (unpaired) electrons. The Morgan fingerprint density at radius 3 is 2.40 bits per heavy atom. The Kier molecular flexibility index (Phi) is 4.42. The number of nitrogens with one attached hydrogen (secondary N) is 1. The summed E-state index contributed by atoms with van der Waals surface area (Å²) in [7, 11) is 3.14. The molecular weight excluding hydrogens is 301 g/mol. The van der Waals surface area contributed by atoms with Crippen molar-refractivity contribution in [2.45, 2.75) is 0 Å². The predicted octanol–water partition coefficient (Wildman–Crippen LogP) is 3.73. The van der Waals surface area contributed by atoms with Gasteiger partial charge in [0.2, 0.25) is 0 Å². The molecule has 0 aliphatic heterocycles. The fraction of sp³-hybridized carbons (Fsp3) is 0.154. The first-order valence-electron chi connectivity index (χ1n) is 5.65. The minimum absolute atomic E-state index is 0.207. The summed E-state index contributed by atoms with van der Waals surface area (Å²) in [6.45, 7) is 0. The second kappa shape index (κ2) is 6.07. The van der Waals surface area contributed by atoms with Crippen molar-refractivity contribution in [3.8, 4) is 11.5 Å². The molecule has 20 heavy (non-hydrogen) atoms. The number of nitrogens with two attached hydrogens (primary N) is 1. The van der Waals surface area contributed by atoms with Gasteiger partial charge in [0.15, 0.2) is 17.3 Å². The molecule has 0 unspecified atom stereocenters. The van der Waals surface area contributed by atoms with Crippen molar-refractivity contribution in [1.29, 1.82) is 0 Å². The molecule has 7 heteroatoms. The zero-order valence-electron chi connectivity index (χ0n) is 10.9. The third kappa shape index (κ3) is 3.00. The summed E-state index contributed by atoms with van der Waals surface area (Å²) in [6, 6.07) is 6.88. The van der Waals surface area contributed by atoms with Gasteiger partial charge in [0.1, 0.15) is 5.82 Å². The Balaban J connectivity index is 2.33. The summed E-state index contributed by atoms with van der Waals surface area (Å²) in [4.78, 5) is 4.10. The topological polar surface area (TPSA) is 69.4 Å². The van der Waals surface area contributed by atoms with Crippen molar-refractivity contribution in [3.05, 3.63) is 34.3 Å². The molecular formula is C13H13Cl2N3O2. The summed E-state index contributed by atoms with van der Waals surface area (Å²) in [5.41, 5.74) is 6.39. The first kappa shape index (κ1) is 14.6. The quantitative estimate of drug-likeness (QED) is 0.900. The van der Waals surface area contributed by atoms with Crippen LogP contribution in [-0.4, -0.2) is 19.2 Å². The van der Waals surface area contributed by atoms with E-state index < -0.39 is 0 Å². The number of nitrogen functional groups attached to an aromatic ring is 1. The van der Waals surface area contributed by atoms with Crippen LogP contribution < -0.4 is 20.5 Å². The average molecular weight is 314 g/mol. The molecule has 0 fully saturated rings. The number of benzene rings is 1. The van der Waals surface area contributed by atoms with E-state index in [1.807, 2.05) is 6.07 Å². The SMILES string of the molecule is COc1ccc(Nc2nc(N)c(Cl)cc2Cl)cc1OC. The number of methoxy groups -OCH3 is 2. The van der Waals surface area contributed by atoms with Gasteiger partial charge in [0.05, 0.1) is 24.3 Å². The molecule has 1 aromatic carbocycles. The lowest BCUT2D eigenvalue weighted by Crippen LogP contribution is -2.00. The van der Waals surface area contributed by atoms with Gasteiger partial charge < -0.3 is 20.5 Å². The maximum absolute atomic E-state index is 6.06. The lowest BCUT2D eigenvalue weighted by atomic mass is 10.2. The standard InChI is InChI=1S/C13H13Cl2N3O2/c1-19-10-4-3-7(5-11(10)20-2)17-13-9(15)6-8(14)12(16)18-13/h3-6H,1-2H3,(H3,16,17,18). The van der Waals surface area contributed by atoms with E-state index in [1.54, 1.807) is 26.4 Å². The molecule has 3 N–H and O–H groups in total. The summed E-state index contributed by atoms with van der Waals surface area (Å²) in [5, 5.41) is 3.74. The van der Waals surface area contributed by atoms with E-state index >= 15 is 0 Å². The zero-order valence-corrected chi connectivity index (χ0v) is 12.4. The van der Waals surface area contributed by atoms with Gasteiger partial charge >= 0.3 is 0 Å². The Bertz CT molecular complexity index is 635. The van der Waals surface area contributed by atoms with E-state index in [1.165, 1.54) is 6.07 Å². The summed E-state index contributed by atoms with van der Waals surface area (Å²) in [5.74, 6) is 1.85. The number of nitrogens with zero attached hydrogens (tertiary/aromatic N) is 1. The van der Waals surface area contributed by atoms with Gasteiger partial charge in [-0.25, -0.2) is 4.98 Å². The number of hydrogen-bond donors (Lipinski definition) is 2. The highest BCUT2D eigenvalue weighted by molar-refractivity contribution is 6.37. The van der Waals surface area contributed by atoms with E-state index in [-0.39, 0.29) is 5.82 Å². The lowest BCUT2D eigenvalue weighted by Gasteiger charge is -2.12. The number of ether oxygens (including phenoxy) is 2. The molecule has 1 heterocycles. The van der Waals surface area contributed by atoms with E-state index in [4.69, 9.17) is 38.4 Å². The minimum Gasteiger partial charge on any atom is -0.493 e. The van der Waals surface area contributed by atoms with Crippen LogP contribution in [0.1, 0.15) is 0 Å². The Hall–Kier alpha value is -1.85. The third-order valence-electron chi connectivity index (χ3n) is 2.60. The fourth-order valence-electron chi connectivity index (χ4n) is 1.62. The van der Waals surface area contributed by atoms with Gasteiger partial charge in [-0.15, -0.1) is 0 Å². The maximum atomic E-state index is 6.06. The fourth-order valence-corrected chi connectivity index (χ4v) is 2.03. The van der Waals surface area contributed by atoms with Crippen molar-refractivity contribution in [3.63, 3.8) is 0 Å².